The molecule has 2 aliphatic heterocycles. The summed E-state index contributed by atoms with van der Waals surface area (Å²) in [5.41, 5.74) is -0.191. The molecule has 5 rings (SSSR count). The molecule has 178 valence electrons. The lowest BCUT2D eigenvalue weighted by Gasteiger charge is -2.27. The van der Waals surface area contributed by atoms with Crippen molar-refractivity contribution in [2.24, 2.45) is 17.8 Å². The molecule has 0 amide bonds. The molecule has 0 bridgehead atoms. The van der Waals surface area contributed by atoms with Crippen LogP contribution in [-0.2, 0) is 10.9 Å². The Morgan fingerprint density at radius 2 is 1.91 bits per heavy atom. The molecule has 2 atom stereocenters. The van der Waals surface area contributed by atoms with Gasteiger partial charge in [0.15, 0.2) is 11.5 Å². The minimum Gasteiger partial charge on any atom is -0.381 e. The van der Waals surface area contributed by atoms with E-state index in [0.29, 0.717) is 30.9 Å². The fourth-order valence-corrected chi connectivity index (χ4v) is 5.40. The summed E-state index contributed by atoms with van der Waals surface area (Å²) in [6.45, 7) is 3.26. The van der Waals surface area contributed by atoms with E-state index in [2.05, 4.69) is 20.5 Å². The van der Waals surface area contributed by atoms with Crippen LogP contribution in [0.5, 0.6) is 0 Å². The minimum absolute atomic E-state index is 0.0121. The molecule has 3 aliphatic rings. The van der Waals surface area contributed by atoms with Crippen LogP contribution in [0.25, 0.3) is 11.3 Å². The SMILES string of the molecule is [2H]C([2H])(C1CCOCC1)N1CC2CC(Nc3nnc(-c4cccnc4C(F)(F)F)cc3C)CC2C1. The van der Waals surface area contributed by atoms with Crippen molar-refractivity contribution in [3.8, 4) is 11.3 Å². The van der Waals surface area contributed by atoms with Gasteiger partial charge in [0.2, 0.25) is 0 Å². The average Bonchev–Trinajstić information content (AvgIpc) is 3.40. The maximum absolute atomic E-state index is 13.3. The molecular formula is C24H30F3N5O. The van der Waals surface area contributed by atoms with E-state index in [-0.39, 0.29) is 23.2 Å². The fourth-order valence-electron chi connectivity index (χ4n) is 5.40. The molecule has 0 aromatic carbocycles. The molecule has 2 aromatic heterocycles. The van der Waals surface area contributed by atoms with E-state index in [1.165, 1.54) is 12.1 Å². The number of alkyl halides is 3. The summed E-state index contributed by atoms with van der Waals surface area (Å²) >= 11 is 0. The van der Waals surface area contributed by atoms with Crippen LogP contribution >= 0.6 is 0 Å². The van der Waals surface area contributed by atoms with Gasteiger partial charge in [-0.1, -0.05) is 0 Å². The van der Waals surface area contributed by atoms with Gasteiger partial charge in [-0.05, 0) is 74.1 Å². The van der Waals surface area contributed by atoms with Crippen molar-refractivity contribution >= 4 is 5.82 Å². The van der Waals surface area contributed by atoms with Crippen LogP contribution in [0.4, 0.5) is 19.0 Å². The second-order valence-electron chi connectivity index (χ2n) is 9.41. The summed E-state index contributed by atoms with van der Waals surface area (Å²) in [5.74, 6) is 1.42. The molecule has 0 spiro atoms. The highest BCUT2D eigenvalue weighted by molar-refractivity contribution is 5.64. The number of anilines is 1. The monoisotopic (exact) mass is 463 g/mol. The van der Waals surface area contributed by atoms with Crippen molar-refractivity contribution in [2.75, 3.05) is 38.1 Å². The van der Waals surface area contributed by atoms with E-state index in [9.17, 15) is 13.2 Å². The number of nitrogens with zero attached hydrogens (tertiary/aromatic N) is 4. The zero-order valence-corrected chi connectivity index (χ0v) is 18.6. The largest absolute Gasteiger partial charge is 0.434 e. The number of nitrogens with one attached hydrogen (secondary N) is 1. The fraction of sp³-hybridized carbons (Fsp3) is 0.625. The van der Waals surface area contributed by atoms with Gasteiger partial charge < -0.3 is 15.0 Å². The Kier molecular flexibility index (Phi) is 5.60. The van der Waals surface area contributed by atoms with E-state index >= 15 is 0 Å². The van der Waals surface area contributed by atoms with E-state index in [1.807, 2.05) is 11.8 Å². The van der Waals surface area contributed by atoms with Crippen LogP contribution < -0.4 is 5.32 Å². The standard InChI is InChI=1S/C24H30F3N5O/c1-15-9-21(20-3-2-6-28-22(20)24(25,26)27)30-31-23(15)29-19-10-17-13-32(14-18(17)11-19)12-16-4-7-33-8-5-16/h2-3,6,9,16-19H,4-5,7-8,10-14H2,1H3,(H,29,31)/i12D2. The van der Waals surface area contributed by atoms with Crippen LogP contribution in [0.1, 0.15) is 39.7 Å². The van der Waals surface area contributed by atoms with Crippen molar-refractivity contribution in [3.05, 3.63) is 35.7 Å². The molecular weight excluding hydrogens is 431 g/mol. The first-order valence-electron chi connectivity index (χ1n) is 12.6. The third kappa shape index (κ3) is 4.99. The van der Waals surface area contributed by atoms with Gasteiger partial charge in [-0.15, -0.1) is 10.2 Å². The zero-order valence-electron chi connectivity index (χ0n) is 20.6. The average molecular weight is 464 g/mol. The summed E-state index contributed by atoms with van der Waals surface area (Å²) in [5, 5.41) is 11.7. The zero-order chi connectivity index (χ0) is 24.8. The second-order valence-corrected chi connectivity index (χ2v) is 9.41. The Balaban J connectivity index is 1.23. The van der Waals surface area contributed by atoms with E-state index in [1.54, 1.807) is 6.07 Å². The van der Waals surface area contributed by atoms with Crippen LogP contribution in [-0.4, -0.2) is 58.9 Å². The lowest BCUT2D eigenvalue weighted by Crippen LogP contribution is -2.32. The minimum atomic E-state index is -4.57. The molecule has 1 aliphatic carbocycles. The van der Waals surface area contributed by atoms with Crippen LogP contribution in [0.15, 0.2) is 24.4 Å². The van der Waals surface area contributed by atoms with E-state index < -0.39 is 18.4 Å². The molecule has 9 heteroatoms. The van der Waals surface area contributed by atoms with Gasteiger partial charge in [-0.3, -0.25) is 4.98 Å². The second kappa shape index (κ2) is 9.18. The van der Waals surface area contributed by atoms with Gasteiger partial charge in [0.05, 0.1) is 5.69 Å². The number of aryl methyl sites for hydroxylation is 1. The van der Waals surface area contributed by atoms with E-state index in [4.69, 9.17) is 7.48 Å². The third-order valence-electron chi connectivity index (χ3n) is 7.01. The number of fused-ring (bicyclic) bond motifs is 1. The smallest absolute Gasteiger partial charge is 0.381 e. The molecule has 1 saturated carbocycles. The Labute approximate surface area is 194 Å². The summed E-state index contributed by atoms with van der Waals surface area (Å²) < 4.78 is 62.9. The summed E-state index contributed by atoms with van der Waals surface area (Å²) in [4.78, 5) is 5.53. The predicted octanol–water partition coefficient (Wildman–Crippen LogP) is 4.41. The summed E-state index contributed by atoms with van der Waals surface area (Å²) in [6, 6.07) is 4.61. The van der Waals surface area contributed by atoms with Crippen molar-refractivity contribution in [1.82, 2.24) is 20.1 Å². The quantitative estimate of drug-likeness (QED) is 0.709. The van der Waals surface area contributed by atoms with Crippen LogP contribution in [0.2, 0.25) is 0 Å². The molecule has 2 saturated heterocycles. The lowest BCUT2D eigenvalue weighted by molar-refractivity contribution is -0.140. The lowest BCUT2D eigenvalue weighted by atomic mass is 10.00. The number of pyridine rings is 1. The predicted molar refractivity (Wildman–Crippen MR) is 119 cm³/mol. The maximum atomic E-state index is 13.3. The van der Waals surface area contributed by atoms with Crippen LogP contribution in [0.3, 0.4) is 0 Å². The van der Waals surface area contributed by atoms with Gasteiger partial charge in [0.1, 0.15) is 0 Å². The van der Waals surface area contributed by atoms with Crippen molar-refractivity contribution in [2.45, 2.75) is 44.8 Å². The highest BCUT2D eigenvalue weighted by Gasteiger charge is 2.41. The number of rotatable bonds is 5. The first-order chi connectivity index (χ1) is 16.6. The van der Waals surface area contributed by atoms with Gasteiger partial charge >= 0.3 is 6.18 Å². The van der Waals surface area contributed by atoms with Gasteiger partial charge in [-0.25, -0.2) is 0 Å². The first kappa shape index (κ1) is 20.1. The maximum Gasteiger partial charge on any atom is 0.434 e. The van der Waals surface area contributed by atoms with Gasteiger partial charge in [0, 0.05) is 53.3 Å². The molecule has 33 heavy (non-hydrogen) atoms. The Hall–Kier alpha value is -2.26. The molecule has 2 unspecified atom stereocenters. The number of aromatic nitrogens is 3. The molecule has 2 aromatic rings. The Morgan fingerprint density at radius 3 is 2.58 bits per heavy atom. The number of halogens is 3. The van der Waals surface area contributed by atoms with Crippen molar-refractivity contribution in [3.63, 3.8) is 0 Å². The number of ether oxygens (including phenoxy) is 1. The van der Waals surface area contributed by atoms with Crippen molar-refractivity contribution < 1.29 is 20.6 Å². The van der Waals surface area contributed by atoms with Crippen LogP contribution in [0, 0.1) is 24.7 Å². The Morgan fingerprint density at radius 1 is 1.18 bits per heavy atom. The highest BCUT2D eigenvalue weighted by atomic mass is 19.4. The van der Waals surface area contributed by atoms with Gasteiger partial charge in [0.25, 0.3) is 0 Å². The molecule has 6 nitrogen and oxygen atoms in total. The molecule has 3 fully saturated rings. The van der Waals surface area contributed by atoms with Gasteiger partial charge in [-0.2, -0.15) is 13.2 Å². The normalized spacial score (nSPS) is 27.8. The first-order valence-corrected chi connectivity index (χ1v) is 11.6. The number of hydrogen-bond donors (Lipinski definition) is 1. The molecule has 4 heterocycles. The van der Waals surface area contributed by atoms with E-state index in [0.717, 1.165) is 50.5 Å². The Bertz CT molecular complexity index is 1050. The molecule has 0 radical (unpaired) electrons. The number of likely N-dealkylation sites (tertiary alicyclic amines) is 1. The highest BCUT2D eigenvalue weighted by Crippen LogP contribution is 2.40. The topological polar surface area (TPSA) is 63.2 Å². The van der Waals surface area contributed by atoms with Crippen molar-refractivity contribution in [1.29, 1.82) is 0 Å². The summed E-state index contributed by atoms with van der Waals surface area (Å²) in [6.07, 6.45) is -0.0981. The third-order valence-corrected chi connectivity index (χ3v) is 7.01. The molecule has 1 N–H and O–H groups in total. The summed E-state index contributed by atoms with van der Waals surface area (Å²) in [7, 11) is 0. The number of hydrogen-bond acceptors (Lipinski definition) is 6.